The third-order valence-corrected chi connectivity index (χ3v) is 3.44. The van der Waals surface area contributed by atoms with Crippen LogP contribution >= 0.6 is 0 Å². The maximum atomic E-state index is 13.2. The van der Waals surface area contributed by atoms with Crippen molar-refractivity contribution in [3.05, 3.63) is 23.9 Å². The standard InChI is InChI=1S/C12H14F3N3O/c13-12(14,15)11(2-4-17-7-11)9(19)5-8-1-3-18-10(16)6-8/h1,3,6,17H,2,4-5,7H2,(H2,16,18). The largest absolute Gasteiger partial charge is 0.402 e. The van der Waals surface area contributed by atoms with Crippen molar-refractivity contribution in [2.75, 3.05) is 18.8 Å². The van der Waals surface area contributed by atoms with Gasteiger partial charge < -0.3 is 11.1 Å². The summed E-state index contributed by atoms with van der Waals surface area (Å²) in [6.07, 6.45) is -3.65. The number of hydrogen-bond acceptors (Lipinski definition) is 4. The maximum Gasteiger partial charge on any atom is 0.402 e. The highest BCUT2D eigenvalue weighted by Crippen LogP contribution is 2.44. The van der Waals surface area contributed by atoms with E-state index in [1.54, 1.807) is 0 Å². The smallest absolute Gasteiger partial charge is 0.384 e. The molecule has 1 aliphatic rings. The van der Waals surface area contributed by atoms with Crippen LogP contribution in [0.15, 0.2) is 18.3 Å². The molecule has 1 aromatic heterocycles. The number of Topliss-reactive ketones (excluding diaryl/α,β-unsaturated/α-hetero) is 1. The highest BCUT2D eigenvalue weighted by atomic mass is 19.4. The minimum atomic E-state index is -4.54. The fraction of sp³-hybridized carbons (Fsp3) is 0.500. The summed E-state index contributed by atoms with van der Waals surface area (Å²) in [4.78, 5) is 15.8. The number of rotatable bonds is 3. The summed E-state index contributed by atoms with van der Waals surface area (Å²) in [6, 6.07) is 2.92. The van der Waals surface area contributed by atoms with Crippen LogP contribution in [0.25, 0.3) is 0 Å². The van der Waals surface area contributed by atoms with E-state index in [9.17, 15) is 18.0 Å². The quantitative estimate of drug-likeness (QED) is 0.871. The molecule has 2 heterocycles. The van der Waals surface area contributed by atoms with Gasteiger partial charge >= 0.3 is 6.18 Å². The number of halogens is 3. The van der Waals surface area contributed by atoms with Gasteiger partial charge in [0.25, 0.3) is 0 Å². The van der Waals surface area contributed by atoms with Gasteiger partial charge in [0.1, 0.15) is 11.2 Å². The number of alkyl halides is 3. The van der Waals surface area contributed by atoms with Crippen LogP contribution in [-0.4, -0.2) is 30.0 Å². The van der Waals surface area contributed by atoms with Crippen LogP contribution in [0, 0.1) is 5.41 Å². The highest BCUT2D eigenvalue weighted by molar-refractivity contribution is 5.88. The Labute approximate surface area is 108 Å². The molecule has 2 rings (SSSR count). The second-order valence-corrected chi connectivity index (χ2v) is 4.70. The van der Waals surface area contributed by atoms with Crippen LogP contribution in [-0.2, 0) is 11.2 Å². The van der Waals surface area contributed by atoms with Crippen molar-refractivity contribution in [2.45, 2.75) is 19.0 Å². The van der Waals surface area contributed by atoms with Crippen molar-refractivity contribution >= 4 is 11.6 Å². The van der Waals surface area contributed by atoms with E-state index < -0.39 is 17.4 Å². The zero-order valence-corrected chi connectivity index (χ0v) is 10.1. The molecule has 1 fully saturated rings. The number of nitrogens with one attached hydrogen (secondary N) is 1. The third-order valence-electron chi connectivity index (χ3n) is 3.44. The van der Waals surface area contributed by atoms with E-state index in [-0.39, 0.29) is 31.7 Å². The van der Waals surface area contributed by atoms with Crippen LogP contribution in [0.1, 0.15) is 12.0 Å². The van der Waals surface area contributed by atoms with Crippen LogP contribution in [0.4, 0.5) is 19.0 Å². The first-order valence-electron chi connectivity index (χ1n) is 5.86. The lowest BCUT2D eigenvalue weighted by Crippen LogP contribution is -2.47. The van der Waals surface area contributed by atoms with Crippen LogP contribution in [0.5, 0.6) is 0 Å². The topological polar surface area (TPSA) is 68.0 Å². The minimum Gasteiger partial charge on any atom is -0.384 e. The molecule has 0 bridgehead atoms. The molecule has 1 aromatic rings. The van der Waals surface area contributed by atoms with Crippen molar-refractivity contribution in [1.29, 1.82) is 0 Å². The average molecular weight is 273 g/mol. The summed E-state index contributed by atoms with van der Waals surface area (Å²) < 4.78 is 39.5. The Hall–Kier alpha value is -1.63. The predicted molar refractivity (Wildman–Crippen MR) is 63.3 cm³/mol. The Morgan fingerprint density at radius 2 is 2.26 bits per heavy atom. The molecule has 1 unspecified atom stereocenters. The van der Waals surface area contributed by atoms with Gasteiger partial charge in [0.15, 0.2) is 5.78 Å². The lowest BCUT2D eigenvalue weighted by molar-refractivity contribution is -0.214. The molecule has 19 heavy (non-hydrogen) atoms. The zero-order chi connectivity index (χ0) is 14.1. The number of carbonyl (C=O) groups is 1. The van der Waals surface area contributed by atoms with Crippen molar-refractivity contribution in [3.63, 3.8) is 0 Å². The van der Waals surface area contributed by atoms with E-state index >= 15 is 0 Å². The molecule has 0 spiro atoms. The Balaban J connectivity index is 2.22. The minimum absolute atomic E-state index is 0.191. The molecule has 0 aromatic carbocycles. The van der Waals surface area contributed by atoms with E-state index in [1.807, 2.05) is 0 Å². The number of nitrogen functional groups attached to an aromatic ring is 1. The lowest BCUT2D eigenvalue weighted by Gasteiger charge is -2.29. The first kappa shape index (κ1) is 13.8. The number of nitrogens with zero attached hydrogens (tertiary/aromatic N) is 1. The van der Waals surface area contributed by atoms with Crippen LogP contribution < -0.4 is 11.1 Å². The van der Waals surface area contributed by atoms with E-state index in [0.717, 1.165) is 0 Å². The van der Waals surface area contributed by atoms with E-state index in [2.05, 4.69) is 10.3 Å². The SMILES string of the molecule is Nc1cc(CC(=O)C2(C(F)(F)F)CCNC2)ccn1. The third kappa shape index (κ3) is 2.56. The molecule has 1 atom stereocenters. The fourth-order valence-electron chi connectivity index (χ4n) is 2.29. The molecule has 1 aliphatic heterocycles. The first-order valence-corrected chi connectivity index (χ1v) is 5.86. The molecule has 0 saturated carbocycles. The molecule has 104 valence electrons. The fourth-order valence-corrected chi connectivity index (χ4v) is 2.29. The molecule has 0 amide bonds. The number of hydrogen-bond donors (Lipinski definition) is 2. The second kappa shape index (κ2) is 4.80. The number of pyridine rings is 1. The van der Waals surface area contributed by atoms with Gasteiger partial charge in [-0.3, -0.25) is 4.79 Å². The molecule has 0 radical (unpaired) electrons. The van der Waals surface area contributed by atoms with Crippen molar-refractivity contribution < 1.29 is 18.0 Å². The summed E-state index contributed by atoms with van der Waals surface area (Å²) >= 11 is 0. The van der Waals surface area contributed by atoms with Gasteiger partial charge in [0, 0.05) is 19.2 Å². The average Bonchev–Trinajstić information content (AvgIpc) is 2.78. The molecular formula is C12H14F3N3O. The maximum absolute atomic E-state index is 13.2. The van der Waals surface area contributed by atoms with Gasteiger partial charge in [-0.05, 0) is 30.7 Å². The molecule has 1 saturated heterocycles. The van der Waals surface area contributed by atoms with Crippen molar-refractivity contribution in [3.8, 4) is 0 Å². The van der Waals surface area contributed by atoms with E-state index in [4.69, 9.17) is 5.73 Å². The zero-order valence-electron chi connectivity index (χ0n) is 10.1. The predicted octanol–water partition coefficient (Wildman–Crippen LogP) is 1.32. The van der Waals surface area contributed by atoms with Crippen LogP contribution in [0.2, 0.25) is 0 Å². The van der Waals surface area contributed by atoms with E-state index in [1.165, 1.54) is 18.3 Å². The summed E-state index contributed by atoms with van der Waals surface area (Å²) in [6.45, 7) is -0.153. The van der Waals surface area contributed by atoms with Crippen molar-refractivity contribution in [2.24, 2.45) is 5.41 Å². The Kier molecular flexibility index (Phi) is 3.49. The summed E-state index contributed by atoms with van der Waals surface area (Å²) in [7, 11) is 0. The van der Waals surface area contributed by atoms with Gasteiger partial charge in [-0.2, -0.15) is 13.2 Å². The Bertz CT molecular complexity index is 481. The Morgan fingerprint density at radius 1 is 1.53 bits per heavy atom. The first-order chi connectivity index (χ1) is 8.85. The highest BCUT2D eigenvalue weighted by Gasteiger charge is 2.60. The second-order valence-electron chi connectivity index (χ2n) is 4.70. The lowest BCUT2D eigenvalue weighted by atomic mass is 9.79. The normalized spacial score (nSPS) is 23.5. The van der Waals surface area contributed by atoms with Crippen LogP contribution in [0.3, 0.4) is 0 Å². The number of aromatic nitrogens is 1. The monoisotopic (exact) mass is 273 g/mol. The molecule has 3 N–H and O–H groups in total. The summed E-state index contributed by atoms with van der Waals surface area (Å²) in [5, 5.41) is 2.62. The number of anilines is 1. The van der Waals surface area contributed by atoms with Gasteiger partial charge in [-0.1, -0.05) is 0 Å². The molecule has 7 heteroatoms. The number of carbonyl (C=O) groups excluding carboxylic acids is 1. The van der Waals surface area contributed by atoms with Gasteiger partial charge in [-0.25, -0.2) is 4.98 Å². The van der Waals surface area contributed by atoms with Gasteiger partial charge in [0.2, 0.25) is 0 Å². The van der Waals surface area contributed by atoms with Gasteiger partial charge in [0.05, 0.1) is 0 Å². The van der Waals surface area contributed by atoms with E-state index in [0.29, 0.717) is 5.56 Å². The number of ketones is 1. The molecular weight excluding hydrogens is 259 g/mol. The number of nitrogens with two attached hydrogens (primary N) is 1. The van der Waals surface area contributed by atoms with Gasteiger partial charge in [-0.15, -0.1) is 0 Å². The molecule has 0 aliphatic carbocycles. The Morgan fingerprint density at radius 3 is 2.79 bits per heavy atom. The summed E-state index contributed by atoms with van der Waals surface area (Å²) in [5.74, 6) is -0.633. The molecule has 4 nitrogen and oxygen atoms in total. The summed E-state index contributed by atoms with van der Waals surface area (Å²) in [5.41, 5.74) is 3.63. The van der Waals surface area contributed by atoms with Crippen molar-refractivity contribution in [1.82, 2.24) is 10.3 Å².